The summed E-state index contributed by atoms with van der Waals surface area (Å²) >= 11 is 0. The summed E-state index contributed by atoms with van der Waals surface area (Å²) in [4.78, 5) is 11.9. The average molecular weight is 286 g/mol. The highest BCUT2D eigenvalue weighted by Gasteiger charge is 2.52. The van der Waals surface area contributed by atoms with Crippen LogP contribution in [-0.4, -0.2) is 26.4 Å². The summed E-state index contributed by atoms with van der Waals surface area (Å²) in [5.41, 5.74) is 1.57. The smallest absolute Gasteiger partial charge is 0.250 e. The Morgan fingerprint density at radius 2 is 1.37 bits per heavy atom. The van der Waals surface area contributed by atoms with Crippen LogP contribution >= 0.6 is 0 Å². The molecule has 1 heterocycles. The van der Waals surface area contributed by atoms with Crippen molar-refractivity contribution in [3.63, 3.8) is 0 Å². The fourth-order valence-electron chi connectivity index (χ4n) is 3.66. The molecule has 0 spiro atoms. The first-order valence-corrected chi connectivity index (χ1v) is 9.76. The van der Waals surface area contributed by atoms with Crippen LogP contribution in [0.2, 0.25) is 16.6 Å². The lowest BCUT2D eigenvalue weighted by Gasteiger charge is -2.49. The maximum absolute atomic E-state index is 11.9. The van der Waals surface area contributed by atoms with Gasteiger partial charge in [-0.25, -0.2) is 0 Å². The number of carbonyl (C=O) groups excluding carboxylic acids is 1. The molecule has 2 atom stereocenters. The van der Waals surface area contributed by atoms with Gasteiger partial charge in [-0.3, -0.25) is 4.79 Å². The van der Waals surface area contributed by atoms with Gasteiger partial charge in [-0.2, -0.15) is 0 Å². The van der Waals surface area contributed by atoms with E-state index in [1.165, 1.54) is 0 Å². The van der Waals surface area contributed by atoms with Gasteiger partial charge >= 0.3 is 0 Å². The first-order chi connectivity index (χ1) is 8.64. The van der Waals surface area contributed by atoms with E-state index < -0.39 is 8.32 Å². The molecule has 4 heteroatoms. The molecule has 0 aromatic heterocycles. The first-order valence-electron chi connectivity index (χ1n) is 7.62. The van der Waals surface area contributed by atoms with Crippen molar-refractivity contribution in [1.82, 2.24) is 5.32 Å². The van der Waals surface area contributed by atoms with Crippen molar-refractivity contribution in [1.29, 1.82) is 0 Å². The van der Waals surface area contributed by atoms with Crippen LogP contribution in [0.25, 0.3) is 0 Å². The predicted molar refractivity (Wildman–Crippen MR) is 82.7 cm³/mol. The molecule has 0 radical (unpaired) electrons. The second-order valence-corrected chi connectivity index (χ2v) is 12.5. The monoisotopic (exact) mass is 285 g/mol. The van der Waals surface area contributed by atoms with Gasteiger partial charge in [0.2, 0.25) is 14.2 Å². The molecule has 1 aliphatic heterocycles. The van der Waals surface area contributed by atoms with Crippen LogP contribution in [-0.2, 0) is 9.22 Å². The van der Waals surface area contributed by atoms with Crippen molar-refractivity contribution in [2.24, 2.45) is 5.92 Å². The SMILES string of the molecule is CC(C)C1NC(=O)C1O[Si](C(C)C)(C(C)C)C(C)C. The largest absolute Gasteiger partial charge is 0.402 e. The zero-order valence-corrected chi connectivity index (χ0v) is 14.8. The quantitative estimate of drug-likeness (QED) is 0.597. The lowest BCUT2D eigenvalue weighted by molar-refractivity contribution is -0.143. The summed E-state index contributed by atoms with van der Waals surface area (Å²) in [7, 11) is -1.95. The van der Waals surface area contributed by atoms with Gasteiger partial charge in [0.1, 0.15) is 6.10 Å². The van der Waals surface area contributed by atoms with Crippen LogP contribution in [0.3, 0.4) is 0 Å². The third-order valence-corrected chi connectivity index (χ3v) is 10.7. The van der Waals surface area contributed by atoms with E-state index in [1.54, 1.807) is 0 Å². The molecule has 3 nitrogen and oxygen atoms in total. The van der Waals surface area contributed by atoms with E-state index >= 15 is 0 Å². The molecule has 0 aliphatic carbocycles. The molecule has 0 aromatic rings. The number of carbonyl (C=O) groups is 1. The van der Waals surface area contributed by atoms with Crippen molar-refractivity contribution >= 4 is 14.2 Å². The molecule has 112 valence electrons. The molecule has 0 aromatic carbocycles. The topological polar surface area (TPSA) is 38.3 Å². The Kier molecular flexibility index (Phi) is 5.24. The molecule has 1 saturated heterocycles. The lowest BCUT2D eigenvalue weighted by atomic mass is 9.91. The van der Waals surface area contributed by atoms with Gasteiger partial charge in [-0.05, 0) is 22.5 Å². The maximum Gasteiger partial charge on any atom is 0.250 e. The molecule has 19 heavy (non-hydrogen) atoms. The van der Waals surface area contributed by atoms with Crippen molar-refractivity contribution in [3.05, 3.63) is 0 Å². The molecule has 1 fully saturated rings. The zero-order valence-electron chi connectivity index (χ0n) is 13.8. The van der Waals surface area contributed by atoms with Gasteiger partial charge in [0.05, 0.1) is 6.04 Å². The van der Waals surface area contributed by atoms with Crippen molar-refractivity contribution in [2.45, 2.75) is 84.2 Å². The minimum absolute atomic E-state index is 0.0810. The van der Waals surface area contributed by atoms with E-state index in [4.69, 9.17) is 4.43 Å². The highest BCUT2D eigenvalue weighted by Crippen LogP contribution is 2.44. The van der Waals surface area contributed by atoms with Gasteiger partial charge in [0.15, 0.2) is 0 Å². The Bertz CT molecular complexity index is 304. The summed E-state index contributed by atoms with van der Waals surface area (Å²) in [6.45, 7) is 17.8. The highest BCUT2D eigenvalue weighted by molar-refractivity contribution is 6.77. The van der Waals surface area contributed by atoms with E-state index in [9.17, 15) is 4.79 Å². The van der Waals surface area contributed by atoms with Crippen LogP contribution < -0.4 is 5.32 Å². The third-order valence-electron chi connectivity index (χ3n) is 4.65. The molecular formula is C15H31NO2Si. The Hall–Kier alpha value is -0.353. The number of nitrogens with one attached hydrogen (secondary N) is 1. The minimum atomic E-state index is -1.95. The van der Waals surface area contributed by atoms with Crippen molar-refractivity contribution in [3.8, 4) is 0 Å². The van der Waals surface area contributed by atoms with Gasteiger partial charge in [-0.1, -0.05) is 55.4 Å². The Labute approximate surface area is 119 Å². The predicted octanol–water partition coefficient (Wildman–Crippen LogP) is 3.70. The van der Waals surface area contributed by atoms with E-state index in [0.717, 1.165) is 0 Å². The van der Waals surface area contributed by atoms with Crippen LogP contribution in [0.15, 0.2) is 0 Å². The minimum Gasteiger partial charge on any atom is -0.402 e. The zero-order chi connectivity index (χ0) is 15.0. The fourth-order valence-corrected chi connectivity index (χ4v) is 9.17. The molecule has 1 rings (SSSR count). The van der Waals surface area contributed by atoms with Crippen LogP contribution in [0, 0.1) is 5.92 Å². The van der Waals surface area contributed by atoms with Crippen LogP contribution in [0.1, 0.15) is 55.4 Å². The van der Waals surface area contributed by atoms with E-state index in [2.05, 4.69) is 60.7 Å². The van der Waals surface area contributed by atoms with E-state index in [0.29, 0.717) is 22.5 Å². The summed E-state index contributed by atoms with van der Waals surface area (Å²) < 4.78 is 6.57. The summed E-state index contributed by atoms with van der Waals surface area (Å²) in [5.74, 6) is 0.512. The van der Waals surface area contributed by atoms with E-state index in [1.807, 2.05) is 0 Å². The van der Waals surface area contributed by atoms with Gasteiger partial charge < -0.3 is 9.74 Å². The van der Waals surface area contributed by atoms with Crippen LogP contribution in [0.5, 0.6) is 0 Å². The molecule has 1 amide bonds. The second-order valence-electron chi connectivity index (χ2n) is 7.13. The third kappa shape index (κ3) is 2.89. The number of rotatable bonds is 6. The highest BCUT2D eigenvalue weighted by atomic mass is 28.4. The molecule has 0 saturated carbocycles. The van der Waals surface area contributed by atoms with Gasteiger partial charge in [-0.15, -0.1) is 0 Å². The summed E-state index contributed by atoms with van der Waals surface area (Å²) in [6.07, 6.45) is -0.223. The molecule has 2 unspecified atom stereocenters. The Morgan fingerprint density at radius 1 is 0.947 bits per heavy atom. The van der Waals surface area contributed by atoms with Crippen molar-refractivity contribution in [2.75, 3.05) is 0 Å². The average Bonchev–Trinajstić information content (AvgIpc) is 2.24. The summed E-state index contributed by atoms with van der Waals surface area (Å²) in [6, 6.07) is 0.190. The summed E-state index contributed by atoms with van der Waals surface area (Å²) in [5, 5.41) is 2.99. The Balaban J connectivity index is 2.98. The number of amides is 1. The van der Waals surface area contributed by atoms with Gasteiger partial charge in [0.25, 0.3) is 0 Å². The van der Waals surface area contributed by atoms with Crippen LogP contribution in [0.4, 0.5) is 0 Å². The number of β-lactam (4-membered cyclic amide) rings is 1. The molecular weight excluding hydrogens is 254 g/mol. The lowest BCUT2D eigenvalue weighted by Crippen LogP contribution is -2.69. The molecule has 0 bridgehead atoms. The molecule has 1 aliphatic rings. The Morgan fingerprint density at radius 3 is 1.63 bits per heavy atom. The standard InChI is InChI=1S/C15H31NO2Si/c1-9(2)13-14(15(17)16-13)18-19(10(3)4,11(5)6)12(7)8/h9-14H,1-8H3,(H,16,17). The number of hydrogen-bond donors (Lipinski definition) is 1. The molecule has 1 N–H and O–H groups in total. The maximum atomic E-state index is 11.9. The van der Waals surface area contributed by atoms with Gasteiger partial charge in [0, 0.05) is 0 Å². The second kappa shape index (κ2) is 5.96. The van der Waals surface area contributed by atoms with E-state index in [-0.39, 0.29) is 18.1 Å². The van der Waals surface area contributed by atoms with Crippen molar-refractivity contribution < 1.29 is 9.22 Å². The fraction of sp³-hybridized carbons (Fsp3) is 0.933. The normalized spacial score (nSPS) is 24.3. The first kappa shape index (κ1) is 16.7. The number of hydrogen-bond acceptors (Lipinski definition) is 2.